The van der Waals surface area contributed by atoms with Crippen LogP contribution in [-0.4, -0.2) is 63.7 Å². The van der Waals surface area contributed by atoms with E-state index in [2.05, 4.69) is 14.9 Å². The maximum Gasteiger partial charge on any atom is 0.241 e. The van der Waals surface area contributed by atoms with E-state index in [1.54, 1.807) is 23.5 Å². The molecule has 2 aliphatic rings. The average Bonchev–Trinajstić information content (AvgIpc) is 3.14. The van der Waals surface area contributed by atoms with Crippen LogP contribution in [0.1, 0.15) is 29.5 Å². The van der Waals surface area contributed by atoms with Gasteiger partial charge in [0.2, 0.25) is 17.7 Å². The Hall–Kier alpha value is -4.07. The van der Waals surface area contributed by atoms with Gasteiger partial charge in [0.25, 0.3) is 0 Å². The molecule has 8 nitrogen and oxygen atoms in total. The first-order valence-corrected chi connectivity index (χ1v) is 12.2. The number of aryl methyl sites for hydroxylation is 1. The van der Waals surface area contributed by atoms with Gasteiger partial charge in [-0.1, -0.05) is 54.6 Å². The van der Waals surface area contributed by atoms with E-state index in [9.17, 15) is 14.4 Å². The average molecular weight is 484 g/mol. The number of hydrogen-bond donors (Lipinski definition) is 0. The van der Waals surface area contributed by atoms with Crippen LogP contribution in [0, 0.1) is 6.92 Å². The summed E-state index contributed by atoms with van der Waals surface area (Å²) >= 11 is 0. The fourth-order valence-electron chi connectivity index (χ4n) is 5.29. The molecule has 1 atom stereocenters. The summed E-state index contributed by atoms with van der Waals surface area (Å²) in [6.07, 6.45) is 4.97. The molecule has 1 aromatic heterocycles. The highest BCUT2D eigenvalue weighted by Crippen LogP contribution is 2.42. The third-order valence-electron chi connectivity index (χ3n) is 7.21. The lowest BCUT2D eigenvalue weighted by Crippen LogP contribution is -2.51. The normalized spacial score (nSPS) is 20.2. The van der Waals surface area contributed by atoms with Gasteiger partial charge in [-0.25, -0.2) is 4.98 Å². The van der Waals surface area contributed by atoms with Crippen LogP contribution in [0.2, 0.25) is 0 Å². The number of imide groups is 1. The number of likely N-dealkylation sites (tertiary alicyclic amines) is 1. The standard InChI is InChI=1S/C28H29N5O3/c1-21-7-5-6-10-23(21)28(18-26(35)33(27(28)36)20-22-8-3-2-4-9-22)17-25(34)32-15-13-31(14-16-32)24-19-29-11-12-30-24/h2-12,19H,13-18,20H2,1H3/t28-/m1/s1. The monoisotopic (exact) mass is 483 g/mol. The van der Waals surface area contributed by atoms with E-state index in [1.807, 2.05) is 61.5 Å². The molecule has 0 radical (unpaired) electrons. The van der Waals surface area contributed by atoms with Crippen molar-refractivity contribution in [2.45, 2.75) is 31.7 Å². The summed E-state index contributed by atoms with van der Waals surface area (Å²) in [4.78, 5) is 54.5. The maximum atomic E-state index is 14.0. The number of aromatic nitrogens is 2. The van der Waals surface area contributed by atoms with Crippen molar-refractivity contribution in [1.29, 1.82) is 0 Å². The predicted molar refractivity (Wildman–Crippen MR) is 135 cm³/mol. The number of carbonyl (C=O) groups excluding carboxylic acids is 3. The smallest absolute Gasteiger partial charge is 0.241 e. The summed E-state index contributed by atoms with van der Waals surface area (Å²) < 4.78 is 0. The Morgan fingerprint density at radius 1 is 0.944 bits per heavy atom. The first kappa shape index (κ1) is 23.7. The second-order valence-electron chi connectivity index (χ2n) is 9.45. The third kappa shape index (κ3) is 4.46. The summed E-state index contributed by atoms with van der Waals surface area (Å²) in [7, 11) is 0. The van der Waals surface area contributed by atoms with Crippen LogP contribution in [-0.2, 0) is 26.3 Å². The summed E-state index contributed by atoms with van der Waals surface area (Å²) in [5, 5.41) is 0. The molecule has 3 aromatic rings. The lowest BCUT2D eigenvalue weighted by atomic mass is 9.74. The molecule has 0 unspecified atom stereocenters. The van der Waals surface area contributed by atoms with Gasteiger partial charge in [-0.15, -0.1) is 0 Å². The molecule has 3 amide bonds. The predicted octanol–water partition coefficient (Wildman–Crippen LogP) is 2.72. The molecular weight excluding hydrogens is 454 g/mol. The zero-order chi connectivity index (χ0) is 25.1. The van der Waals surface area contributed by atoms with Gasteiger partial charge in [-0.05, 0) is 23.6 Å². The van der Waals surface area contributed by atoms with E-state index >= 15 is 0 Å². The molecule has 2 fully saturated rings. The minimum Gasteiger partial charge on any atom is -0.352 e. The topological polar surface area (TPSA) is 86.7 Å². The van der Waals surface area contributed by atoms with Gasteiger partial charge < -0.3 is 9.80 Å². The number of piperazine rings is 1. The van der Waals surface area contributed by atoms with Crippen LogP contribution in [0.25, 0.3) is 0 Å². The van der Waals surface area contributed by atoms with Gasteiger partial charge in [0.05, 0.1) is 18.2 Å². The molecule has 8 heteroatoms. The van der Waals surface area contributed by atoms with Gasteiger partial charge in [0, 0.05) is 51.4 Å². The Morgan fingerprint density at radius 3 is 2.36 bits per heavy atom. The molecule has 0 saturated carbocycles. The maximum absolute atomic E-state index is 14.0. The van der Waals surface area contributed by atoms with Crippen LogP contribution in [0.5, 0.6) is 0 Å². The number of benzene rings is 2. The van der Waals surface area contributed by atoms with Crippen molar-refractivity contribution in [3.8, 4) is 0 Å². The number of hydrogen-bond acceptors (Lipinski definition) is 6. The number of rotatable bonds is 6. The molecule has 184 valence electrons. The number of anilines is 1. The van der Waals surface area contributed by atoms with Crippen molar-refractivity contribution in [1.82, 2.24) is 19.8 Å². The molecule has 0 spiro atoms. The van der Waals surface area contributed by atoms with E-state index in [1.165, 1.54) is 4.90 Å². The highest BCUT2D eigenvalue weighted by atomic mass is 16.2. The second-order valence-corrected chi connectivity index (χ2v) is 9.45. The highest BCUT2D eigenvalue weighted by molar-refractivity contribution is 6.10. The van der Waals surface area contributed by atoms with Crippen molar-refractivity contribution in [2.24, 2.45) is 0 Å². The quantitative estimate of drug-likeness (QED) is 0.501. The van der Waals surface area contributed by atoms with Crippen LogP contribution < -0.4 is 4.90 Å². The first-order valence-electron chi connectivity index (χ1n) is 12.2. The van der Waals surface area contributed by atoms with Crippen LogP contribution in [0.4, 0.5) is 5.82 Å². The van der Waals surface area contributed by atoms with E-state index in [0.29, 0.717) is 26.2 Å². The second kappa shape index (κ2) is 9.89. The van der Waals surface area contributed by atoms with Crippen LogP contribution in [0.15, 0.2) is 73.2 Å². The lowest BCUT2D eigenvalue weighted by Gasteiger charge is -2.37. The fourth-order valence-corrected chi connectivity index (χ4v) is 5.29. The Labute approximate surface area is 210 Å². The molecule has 3 heterocycles. The van der Waals surface area contributed by atoms with Gasteiger partial charge in [-0.2, -0.15) is 0 Å². The zero-order valence-corrected chi connectivity index (χ0v) is 20.3. The number of carbonyl (C=O) groups is 3. The molecule has 36 heavy (non-hydrogen) atoms. The van der Waals surface area contributed by atoms with Gasteiger partial charge >= 0.3 is 0 Å². The molecule has 2 saturated heterocycles. The SMILES string of the molecule is Cc1ccccc1[C@@]1(CC(=O)N2CCN(c3cnccn3)CC2)CC(=O)N(Cc2ccccc2)C1=O. The minimum absolute atomic E-state index is 0.00513. The molecule has 0 aliphatic carbocycles. The van der Waals surface area contributed by atoms with E-state index in [-0.39, 0.29) is 37.1 Å². The number of nitrogens with zero attached hydrogens (tertiary/aromatic N) is 5. The van der Waals surface area contributed by atoms with E-state index in [4.69, 9.17) is 0 Å². The summed E-state index contributed by atoms with van der Waals surface area (Å²) in [6, 6.07) is 17.1. The molecule has 0 N–H and O–H groups in total. The zero-order valence-electron chi connectivity index (χ0n) is 20.3. The van der Waals surface area contributed by atoms with Crippen molar-refractivity contribution < 1.29 is 14.4 Å². The van der Waals surface area contributed by atoms with Gasteiger partial charge in [-0.3, -0.25) is 24.3 Å². The van der Waals surface area contributed by atoms with Crippen molar-refractivity contribution in [2.75, 3.05) is 31.1 Å². The number of amides is 3. The molecule has 0 bridgehead atoms. The van der Waals surface area contributed by atoms with Crippen molar-refractivity contribution in [3.05, 3.63) is 89.9 Å². The minimum atomic E-state index is -1.20. The third-order valence-corrected chi connectivity index (χ3v) is 7.21. The summed E-state index contributed by atoms with van der Waals surface area (Å²) in [5.74, 6) is 0.137. The largest absolute Gasteiger partial charge is 0.352 e. The van der Waals surface area contributed by atoms with Crippen LogP contribution in [0.3, 0.4) is 0 Å². The van der Waals surface area contributed by atoms with E-state index in [0.717, 1.165) is 22.5 Å². The van der Waals surface area contributed by atoms with Gasteiger partial charge in [0.15, 0.2) is 0 Å². The molecule has 2 aromatic carbocycles. The van der Waals surface area contributed by atoms with E-state index < -0.39 is 5.41 Å². The molecule has 5 rings (SSSR count). The molecular formula is C28H29N5O3. The Balaban J connectivity index is 1.38. The molecule has 2 aliphatic heterocycles. The Kier molecular flexibility index (Phi) is 6.50. The Morgan fingerprint density at radius 2 is 1.67 bits per heavy atom. The lowest BCUT2D eigenvalue weighted by molar-refractivity contribution is -0.143. The Bertz CT molecular complexity index is 1260. The summed E-state index contributed by atoms with van der Waals surface area (Å²) in [5.41, 5.74) is 1.34. The first-order chi connectivity index (χ1) is 17.5. The highest BCUT2D eigenvalue weighted by Gasteiger charge is 2.54. The van der Waals surface area contributed by atoms with Crippen LogP contribution >= 0.6 is 0 Å². The fraction of sp³-hybridized carbons (Fsp3) is 0.321. The van der Waals surface area contributed by atoms with Crippen molar-refractivity contribution in [3.63, 3.8) is 0 Å². The van der Waals surface area contributed by atoms with Crippen molar-refractivity contribution >= 4 is 23.5 Å². The van der Waals surface area contributed by atoms with Gasteiger partial charge in [0.1, 0.15) is 5.82 Å². The summed E-state index contributed by atoms with van der Waals surface area (Å²) in [6.45, 7) is 4.45.